The van der Waals surface area contributed by atoms with Crippen LogP contribution in [0, 0.1) is 0 Å². The SMILES string of the molecule is CC(CC(=O)N1CCC(O)(Cc2cnccc2-c2ccccc2)CC1)c1ccccc1. The summed E-state index contributed by atoms with van der Waals surface area (Å²) >= 11 is 0. The van der Waals surface area contributed by atoms with Gasteiger partial charge in [0.2, 0.25) is 5.91 Å². The molecule has 0 bridgehead atoms. The fourth-order valence-electron chi connectivity index (χ4n) is 4.46. The highest BCUT2D eigenvalue weighted by atomic mass is 16.3. The number of rotatable bonds is 6. The molecule has 0 spiro atoms. The highest BCUT2D eigenvalue weighted by Gasteiger charge is 2.35. The Morgan fingerprint density at radius 1 is 1.03 bits per heavy atom. The van der Waals surface area contributed by atoms with Crippen molar-refractivity contribution < 1.29 is 9.90 Å². The summed E-state index contributed by atoms with van der Waals surface area (Å²) in [4.78, 5) is 19.0. The molecule has 2 aromatic carbocycles. The lowest BCUT2D eigenvalue weighted by atomic mass is 9.83. The van der Waals surface area contributed by atoms with E-state index in [1.54, 1.807) is 6.20 Å². The molecule has 1 aromatic heterocycles. The van der Waals surface area contributed by atoms with Crippen molar-refractivity contribution in [1.82, 2.24) is 9.88 Å². The van der Waals surface area contributed by atoms with E-state index in [1.807, 2.05) is 53.6 Å². The molecule has 1 saturated heterocycles. The van der Waals surface area contributed by atoms with Gasteiger partial charge in [-0.3, -0.25) is 9.78 Å². The maximum atomic E-state index is 12.8. The molecule has 2 heterocycles. The largest absolute Gasteiger partial charge is 0.389 e. The van der Waals surface area contributed by atoms with Crippen LogP contribution in [0.5, 0.6) is 0 Å². The van der Waals surface area contributed by atoms with E-state index in [2.05, 4.69) is 36.2 Å². The summed E-state index contributed by atoms with van der Waals surface area (Å²) in [6, 6.07) is 22.4. The molecule has 4 rings (SSSR count). The van der Waals surface area contributed by atoms with Gasteiger partial charge in [-0.2, -0.15) is 0 Å². The third-order valence-corrected chi connectivity index (χ3v) is 6.40. The van der Waals surface area contributed by atoms with E-state index in [-0.39, 0.29) is 11.8 Å². The first kappa shape index (κ1) is 21.3. The molecule has 31 heavy (non-hydrogen) atoms. The molecule has 4 heteroatoms. The van der Waals surface area contributed by atoms with Crippen LogP contribution in [0.15, 0.2) is 79.1 Å². The average Bonchev–Trinajstić information content (AvgIpc) is 2.81. The van der Waals surface area contributed by atoms with Crippen molar-refractivity contribution in [1.29, 1.82) is 0 Å². The number of carbonyl (C=O) groups excluding carboxylic acids is 1. The van der Waals surface area contributed by atoms with Gasteiger partial charge < -0.3 is 10.0 Å². The van der Waals surface area contributed by atoms with Crippen LogP contribution in [0.2, 0.25) is 0 Å². The number of pyridine rings is 1. The second-order valence-corrected chi connectivity index (χ2v) is 8.70. The van der Waals surface area contributed by atoms with Crippen molar-refractivity contribution in [2.75, 3.05) is 13.1 Å². The molecule has 0 saturated carbocycles. The minimum atomic E-state index is -0.811. The number of aromatic nitrogens is 1. The predicted molar refractivity (Wildman–Crippen MR) is 124 cm³/mol. The fourth-order valence-corrected chi connectivity index (χ4v) is 4.46. The van der Waals surface area contributed by atoms with Crippen LogP contribution in [-0.2, 0) is 11.2 Å². The summed E-state index contributed by atoms with van der Waals surface area (Å²) in [5.41, 5.74) is 3.67. The number of benzene rings is 2. The third-order valence-electron chi connectivity index (χ3n) is 6.40. The van der Waals surface area contributed by atoms with Crippen LogP contribution in [0.1, 0.15) is 43.2 Å². The maximum Gasteiger partial charge on any atom is 0.223 e. The van der Waals surface area contributed by atoms with Gasteiger partial charge in [0.05, 0.1) is 5.60 Å². The molecule has 0 aliphatic carbocycles. The molecule has 1 unspecified atom stereocenters. The number of nitrogens with zero attached hydrogens (tertiary/aromatic N) is 2. The van der Waals surface area contributed by atoms with E-state index in [0.29, 0.717) is 38.8 Å². The zero-order valence-corrected chi connectivity index (χ0v) is 18.1. The van der Waals surface area contributed by atoms with Gasteiger partial charge >= 0.3 is 0 Å². The molecule has 1 aliphatic heterocycles. The lowest BCUT2D eigenvalue weighted by Crippen LogP contribution is -2.48. The molecule has 1 N–H and O–H groups in total. The van der Waals surface area contributed by atoms with Crippen LogP contribution in [-0.4, -0.2) is 39.6 Å². The molecule has 160 valence electrons. The van der Waals surface area contributed by atoms with E-state index in [0.717, 1.165) is 16.7 Å². The lowest BCUT2D eigenvalue weighted by molar-refractivity contribution is -0.135. The monoisotopic (exact) mass is 414 g/mol. The normalized spacial score (nSPS) is 16.6. The minimum absolute atomic E-state index is 0.171. The Balaban J connectivity index is 1.38. The average molecular weight is 415 g/mol. The minimum Gasteiger partial charge on any atom is -0.389 e. The Bertz CT molecular complexity index is 996. The quantitative estimate of drug-likeness (QED) is 0.628. The zero-order chi connectivity index (χ0) is 21.7. The number of amides is 1. The van der Waals surface area contributed by atoms with Gasteiger partial charge in [0.1, 0.15) is 0 Å². The summed E-state index contributed by atoms with van der Waals surface area (Å²) in [6.45, 7) is 3.29. The molecule has 1 aliphatic rings. The van der Waals surface area contributed by atoms with Crippen molar-refractivity contribution >= 4 is 5.91 Å². The van der Waals surface area contributed by atoms with Crippen molar-refractivity contribution in [3.05, 3.63) is 90.3 Å². The number of piperidine rings is 1. The summed E-state index contributed by atoms with van der Waals surface area (Å²) in [6.07, 6.45) is 5.88. The van der Waals surface area contributed by atoms with Gasteiger partial charge in [-0.05, 0) is 47.1 Å². The van der Waals surface area contributed by atoms with Gasteiger partial charge in [-0.1, -0.05) is 67.6 Å². The van der Waals surface area contributed by atoms with Crippen molar-refractivity contribution in [2.45, 2.75) is 44.1 Å². The van der Waals surface area contributed by atoms with Crippen LogP contribution in [0.3, 0.4) is 0 Å². The molecule has 4 nitrogen and oxygen atoms in total. The summed E-state index contributed by atoms with van der Waals surface area (Å²) in [7, 11) is 0. The Morgan fingerprint density at radius 2 is 1.68 bits per heavy atom. The van der Waals surface area contributed by atoms with Gasteiger partial charge in [0, 0.05) is 38.3 Å². The number of aliphatic hydroxyl groups is 1. The Morgan fingerprint density at radius 3 is 2.35 bits per heavy atom. The van der Waals surface area contributed by atoms with Crippen LogP contribution in [0.25, 0.3) is 11.1 Å². The highest BCUT2D eigenvalue weighted by molar-refractivity contribution is 5.77. The van der Waals surface area contributed by atoms with E-state index >= 15 is 0 Å². The molecule has 0 radical (unpaired) electrons. The fraction of sp³-hybridized carbons (Fsp3) is 0.333. The number of hydrogen-bond donors (Lipinski definition) is 1. The van der Waals surface area contributed by atoms with E-state index in [9.17, 15) is 9.90 Å². The van der Waals surface area contributed by atoms with Crippen molar-refractivity contribution in [3.8, 4) is 11.1 Å². The molecule has 1 fully saturated rings. The Hall–Kier alpha value is -2.98. The summed E-state index contributed by atoms with van der Waals surface area (Å²) in [5.74, 6) is 0.364. The molecular weight excluding hydrogens is 384 g/mol. The standard InChI is InChI=1S/C27H30N2O2/c1-21(22-8-4-2-5-9-22)18-26(30)29-16-13-27(31,14-17-29)19-24-20-28-15-12-25(24)23-10-6-3-7-11-23/h2-12,15,20-21,31H,13-14,16-19H2,1H3. The van der Waals surface area contributed by atoms with E-state index in [4.69, 9.17) is 0 Å². The number of hydrogen-bond acceptors (Lipinski definition) is 3. The van der Waals surface area contributed by atoms with E-state index in [1.165, 1.54) is 5.56 Å². The second-order valence-electron chi connectivity index (χ2n) is 8.70. The van der Waals surface area contributed by atoms with Gasteiger partial charge in [-0.25, -0.2) is 0 Å². The van der Waals surface area contributed by atoms with Crippen LogP contribution >= 0.6 is 0 Å². The maximum absolute atomic E-state index is 12.8. The summed E-state index contributed by atoms with van der Waals surface area (Å²) in [5, 5.41) is 11.3. The van der Waals surface area contributed by atoms with E-state index < -0.39 is 5.60 Å². The van der Waals surface area contributed by atoms with Crippen molar-refractivity contribution in [2.24, 2.45) is 0 Å². The first-order chi connectivity index (χ1) is 15.0. The van der Waals surface area contributed by atoms with Gasteiger partial charge in [0.15, 0.2) is 0 Å². The zero-order valence-electron chi connectivity index (χ0n) is 18.1. The second kappa shape index (κ2) is 9.44. The molecule has 3 aromatic rings. The lowest BCUT2D eigenvalue weighted by Gasteiger charge is -2.39. The first-order valence-electron chi connectivity index (χ1n) is 11.1. The molecule has 1 amide bonds. The predicted octanol–water partition coefficient (Wildman–Crippen LogP) is 4.84. The third kappa shape index (κ3) is 5.20. The smallest absolute Gasteiger partial charge is 0.223 e. The Kier molecular flexibility index (Phi) is 6.47. The summed E-state index contributed by atoms with van der Waals surface area (Å²) < 4.78 is 0. The van der Waals surface area contributed by atoms with Gasteiger partial charge in [-0.15, -0.1) is 0 Å². The first-order valence-corrected chi connectivity index (χ1v) is 11.1. The van der Waals surface area contributed by atoms with Crippen LogP contribution in [0.4, 0.5) is 0 Å². The molecule has 1 atom stereocenters. The number of carbonyl (C=O) groups is 1. The van der Waals surface area contributed by atoms with Gasteiger partial charge in [0.25, 0.3) is 0 Å². The number of likely N-dealkylation sites (tertiary alicyclic amines) is 1. The highest BCUT2D eigenvalue weighted by Crippen LogP contribution is 2.32. The Labute approximate surface area is 184 Å². The van der Waals surface area contributed by atoms with Crippen molar-refractivity contribution in [3.63, 3.8) is 0 Å². The van der Waals surface area contributed by atoms with Crippen LogP contribution < -0.4 is 0 Å². The molecular formula is C27H30N2O2. The topological polar surface area (TPSA) is 53.4 Å².